The number of aliphatic hydroxyl groups is 1. The van der Waals surface area contributed by atoms with Gasteiger partial charge < -0.3 is 10.2 Å². The minimum Gasteiger partial charge on any atom is -0.481 e. The van der Waals surface area contributed by atoms with Crippen molar-refractivity contribution in [1.29, 1.82) is 0 Å². The van der Waals surface area contributed by atoms with Crippen LogP contribution in [0, 0.1) is 23.7 Å². The number of hydrogen-bond donors (Lipinski definition) is 2. The van der Waals surface area contributed by atoms with E-state index in [1.807, 2.05) is 0 Å². The molecule has 0 aliphatic heterocycles. The first-order valence-electron chi connectivity index (χ1n) is 5.64. The van der Waals surface area contributed by atoms with Gasteiger partial charge in [-0.25, -0.2) is 0 Å². The Morgan fingerprint density at radius 2 is 2.00 bits per heavy atom. The highest BCUT2D eigenvalue weighted by Gasteiger charge is 2.51. The molecule has 3 aliphatic rings. The van der Waals surface area contributed by atoms with Crippen molar-refractivity contribution in [3.05, 3.63) is 12.2 Å². The number of aliphatic carboxylic acids is 1. The second-order valence-electron chi connectivity index (χ2n) is 4.89. The summed E-state index contributed by atoms with van der Waals surface area (Å²) in [6.45, 7) is 1.08. The number of fused-ring (bicyclic) bond motifs is 5. The van der Waals surface area contributed by atoms with Gasteiger partial charge in [-0.05, 0) is 42.9 Å². The number of aliphatic hydroxyl groups excluding tert-OH is 1. The van der Waals surface area contributed by atoms with Gasteiger partial charge >= 0.3 is 0 Å². The molecular formula is C12H18O3. The zero-order valence-corrected chi connectivity index (χ0v) is 8.97. The van der Waals surface area contributed by atoms with Gasteiger partial charge in [0.15, 0.2) is 0 Å². The summed E-state index contributed by atoms with van der Waals surface area (Å²) in [6.07, 6.45) is 8.37. The van der Waals surface area contributed by atoms with Crippen LogP contribution in [-0.4, -0.2) is 22.3 Å². The zero-order valence-electron chi connectivity index (χ0n) is 8.97. The molecule has 84 valence electrons. The maximum atomic E-state index is 9.64. The van der Waals surface area contributed by atoms with Crippen LogP contribution >= 0.6 is 0 Å². The summed E-state index contributed by atoms with van der Waals surface area (Å²) < 4.78 is 0. The Balaban J connectivity index is 0.000000188. The summed E-state index contributed by atoms with van der Waals surface area (Å²) in [5, 5.41) is 17.1. The quantitative estimate of drug-likeness (QED) is 0.598. The summed E-state index contributed by atoms with van der Waals surface area (Å²) in [5.74, 6) is 2.32. The van der Waals surface area contributed by atoms with E-state index < -0.39 is 5.97 Å². The fourth-order valence-electron chi connectivity index (χ4n) is 3.52. The summed E-state index contributed by atoms with van der Waals surface area (Å²) >= 11 is 0. The van der Waals surface area contributed by atoms with E-state index in [2.05, 4.69) is 12.2 Å². The standard InChI is InChI=1S/C10H14O.C2H4O2/c11-10-5-6-4-9(10)8-3-1-2-7(6)8;1-2(3)4/h1-2,6-11H,3-5H2;1H3,(H,3,4). The van der Waals surface area contributed by atoms with Gasteiger partial charge in [0.1, 0.15) is 0 Å². The number of carboxylic acid groups (broad SMARTS) is 1. The average molecular weight is 210 g/mol. The highest BCUT2D eigenvalue weighted by Crippen LogP contribution is 2.56. The fourth-order valence-corrected chi connectivity index (χ4v) is 3.52. The van der Waals surface area contributed by atoms with Gasteiger partial charge in [-0.15, -0.1) is 0 Å². The van der Waals surface area contributed by atoms with Crippen molar-refractivity contribution in [3.8, 4) is 0 Å². The first kappa shape index (κ1) is 10.7. The van der Waals surface area contributed by atoms with Crippen molar-refractivity contribution in [2.75, 3.05) is 0 Å². The van der Waals surface area contributed by atoms with Gasteiger partial charge in [-0.3, -0.25) is 4.79 Å². The molecule has 0 aromatic rings. The molecule has 0 heterocycles. The smallest absolute Gasteiger partial charge is 0.300 e. The molecule has 5 unspecified atom stereocenters. The lowest BCUT2D eigenvalue weighted by molar-refractivity contribution is -0.134. The molecular weight excluding hydrogens is 192 g/mol. The van der Waals surface area contributed by atoms with E-state index in [0.29, 0.717) is 5.92 Å². The first-order chi connectivity index (χ1) is 7.09. The molecule has 2 fully saturated rings. The molecule has 0 radical (unpaired) electrons. The van der Waals surface area contributed by atoms with Crippen LogP contribution in [0.2, 0.25) is 0 Å². The summed E-state index contributed by atoms with van der Waals surface area (Å²) in [4.78, 5) is 9.00. The Bertz CT molecular complexity index is 281. The fraction of sp³-hybridized carbons (Fsp3) is 0.750. The van der Waals surface area contributed by atoms with E-state index in [9.17, 15) is 5.11 Å². The van der Waals surface area contributed by atoms with E-state index in [0.717, 1.165) is 31.1 Å². The van der Waals surface area contributed by atoms with Gasteiger partial charge in [-0.2, -0.15) is 0 Å². The van der Waals surface area contributed by atoms with E-state index in [-0.39, 0.29) is 6.10 Å². The van der Waals surface area contributed by atoms with Gasteiger partial charge in [0, 0.05) is 6.92 Å². The van der Waals surface area contributed by atoms with E-state index in [4.69, 9.17) is 9.90 Å². The van der Waals surface area contributed by atoms with Crippen molar-refractivity contribution in [3.63, 3.8) is 0 Å². The van der Waals surface area contributed by atoms with Crippen LogP contribution in [0.4, 0.5) is 0 Å². The monoisotopic (exact) mass is 210 g/mol. The minimum atomic E-state index is -0.833. The number of carboxylic acids is 1. The van der Waals surface area contributed by atoms with Crippen molar-refractivity contribution in [2.24, 2.45) is 23.7 Å². The van der Waals surface area contributed by atoms with Gasteiger partial charge in [0.25, 0.3) is 5.97 Å². The maximum absolute atomic E-state index is 9.64. The SMILES string of the molecule is CC(=O)O.OC1CC2CC1C1CC=CC21. The van der Waals surface area contributed by atoms with E-state index >= 15 is 0 Å². The maximum Gasteiger partial charge on any atom is 0.300 e. The molecule has 3 aliphatic carbocycles. The molecule has 0 aromatic heterocycles. The molecule has 2 N–H and O–H groups in total. The highest BCUT2D eigenvalue weighted by molar-refractivity contribution is 5.62. The molecule has 3 rings (SSSR count). The normalized spacial score (nSPS) is 44.8. The van der Waals surface area contributed by atoms with Crippen LogP contribution in [0.3, 0.4) is 0 Å². The Morgan fingerprint density at radius 1 is 1.33 bits per heavy atom. The van der Waals surface area contributed by atoms with Gasteiger partial charge in [0.2, 0.25) is 0 Å². The lowest BCUT2D eigenvalue weighted by atomic mass is 9.80. The van der Waals surface area contributed by atoms with Crippen LogP contribution < -0.4 is 0 Å². The number of rotatable bonds is 0. The predicted octanol–water partition coefficient (Wildman–Crippen LogP) is 1.67. The third-order valence-electron chi connectivity index (χ3n) is 3.97. The van der Waals surface area contributed by atoms with Crippen molar-refractivity contribution in [1.82, 2.24) is 0 Å². The average Bonchev–Trinajstić information content (AvgIpc) is 2.70. The molecule has 3 heteroatoms. The number of hydrogen-bond acceptors (Lipinski definition) is 2. The van der Waals surface area contributed by atoms with E-state index in [1.165, 1.54) is 12.8 Å². The van der Waals surface area contributed by atoms with Crippen molar-refractivity contribution in [2.45, 2.75) is 32.3 Å². The van der Waals surface area contributed by atoms with Crippen molar-refractivity contribution >= 4 is 5.97 Å². The molecule has 2 saturated carbocycles. The lowest BCUT2D eigenvalue weighted by Crippen LogP contribution is -2.27. The topological polar surface area (TPSA) is 57.5 Å². The predicted molar refractivity (Wildman–Crippen MR) is 56.3 cm³/mol. The Labute approximate surface area is 89.8 Å². The third kappa shape index (κ3) is 1.93. The Morgan fingerprint density at radius 3 is 2.67 bits per heavy atom. The Hall–Kier alpha value is -0.830. The molecule has 2 bridgehead atoms. The molecule has 0 amide bonds. The van der Waals surface area contributed by atoms with Crippen LogP contribution in [0.15, 0.2) is 12.2 Å². The summed E-state index contributed by atoms with van der Waals surface area (Å²) in [5.41, 5.74) is 0. The molecule has 0 aromatic carbocycles. The molecule has 0 saturated heterocycles. The molecule has 0 spiro atoms. The van der Waals surface area contributed by atoms with E-state index in [1.54, 1.807) is 0 Å². The van der Waals surface area contributed by atoms with Crippen LogP contribution in [-0.2, 0) is 4.79 Å². The zero-order chi connectivity index (χ0) is 11.0. The van der Waals surface area contributed by atoms with Crippen LogP contribution in [0.5, 0.6) is 0 Å². The summed E-state index contributed by atoms with van der Waals surface area (Å²) in [7, 11) is 0. The Kier molecular flexibility index (Phi) is 2.83. The first-order valence-corrected chi connectivity index (χ1v) is 5.64. The van der Waals surface area contributed by atoms with Gasteiger partial charge in [0.05, 0.1) is 6.10 Å². The highest BCUT2D eigenvalue weighted by atomic mass is 16.4. The second kappa shape index (κ2) is 3.97. The summed E-state index contributed by atoms with van der Waals surface area (Å²) in [6, 6.07) is 0. The van der Waals surface area contributed by atoms with Crippen molar-refractivity contribution < 1.29 is 15.0 Å². The minimum absolute atomic E-state index is 0.0427. The lowest BCUT2D eigenvalue weighted by Gasteiger charge is -2.27. The third-order valence-corrected chi connectivity index (χ3v) is 3.97. The van der Waals surface area contributed by atoms with Crippen LogP contribution in [0.25, 0.3) is 0 Å². The largest absolute Gasteiger partial charge is 0.481 e. The number of allylic oxidation sites excluding steroid dienone is 2. The number of carbonyl (C=O) groups is 1. The second-order valence-corrected chi connectivity index (χ2v) is 4.89. The molecule has 3 nitrogen and oxygen atoms in total. The van der Waals surface area contributed by atoms with Crippen LogP contribution in [0.1, 0.15) is 26.2 Å². The van der Waals surface area contributed by atoms with Gasteiger partial charge in [-0.1, -0.05) is 12.2 Å². The molecule has 5 atom stereocenters. The molecule has 15 heavy (non-hydrogen) atoms.